The Balaban J connectivity index is 1.68. The fourth-order valence-corrected chi connectivity index (χ4v) is 3.86. The Labute approximate surface area is 156 Å². The fraction of sp³-hybridized carbons (Fsp3) is 0.600. The summed E-state index contributed by atoms with van der Waals surface area (Å²) in [7, 11) is 7.95. The van der Waals surface area contributed by atoms with Gasteiger partial charge in [-0.05, 0) is 57.6 Å². The van der Waals surface area contributed by atoms with Gasteiger partial charge in [-0.3, -0.25) is 4.90 Å². The molecule has 142 valence electrons. The molecule has 2 heterocycles. The van der Waals surface area contributed by atoms with Gasteiger partial charge in [-0.25, -0.2) is 0 Å². The van der Waals surface area contributed by atoms with Gasteiger partial charge in [-0.2, -0.15) is 0 Å². The number of aromatic nitrogens is 3. The van der Waals surface area contributed by atoms with Crippen LogP contribution in [-0.4, -0.2) is 58.9 Å². The van der Waals surface area contributed by atoms with Crippen molar-refractivity contribution in [2.45, 2.75) is 38.8 Å². The zero-order valence-electron chi connectivity index (χ0n) is 16.7. The van der Waals surface area contributed by atoms with Crippen molar-refractivity contribution in [2.75, 3.05) is 34.3 Å². The first-order chi connectivity index (χ1) is 12.5. The number of ether oxygens (including phenoxy) is 1. The number of methoxy groups -OCH3 is 1. The van der Waals surface area contributed by atoms with Gasteiger partial charge in [0.15, 0.2) is 0 Å². The van der Waals surface area contributed by atoms with Gasteiger partial charge >= 0.3 is 0 Å². The standard InChI is InChI=1S/C20H31N5O/c1-15-11-16(8-9-18(15)26-5)12-25-10-6-7-17(13-25)20-22-21-19(24(20)4)14-23(2)3/h8-9,11,17H,6-7,10,12-14H2,1-5H3/t17-/m1/s1. The van der Waals surface area contributed by atoms with Crippen molar-refractivity contribution in [3.63, 3.8) is 0 Å². The number of hydrogen-bond acceptors (Lipinski definition) is 5. The quantitative estimate of drug-likeness (QED) is 0.795. The number of benzene rings is 1. The number of hydrogen-bond donors (Lipinski definition) is 0. The summed E-state index contributed by atoms with van der Waals surface area (Å²) in [5.41, 5.74) is 2.54. The zero-order chi connectivity index (χ0) is 18.7. The van der Waals surface area contributed by atoms with Gasteiger partial charge in [0.2, 0.25) is 0 Å². The fourth-order valence-electron chi connectivity index (χ4n) is 3.86. The van der Waals surface area contributed by atoms with Crippen LogP contribution in [0, 0.1) is 6.92 Å². The number of nitrogens with zero attached hydrogens (tertiary/aromatic N) is 5. The second-order valence-corrected chi connectivity index (χ2v) is 7.65. The molecule has 0 spiro atoms. The Morgan fingerprint density at radius 2 is 2.08 bits per heavy atom. The lowest BCUT2D eigenvalue weighted by Gasteiger charge is -2.32. The van der Waals surface area contributed by atoms with Crippen molar-refractivity contribution in [3.8, 4) is 5.75 Å². The van der Waals surface area contributed by atoms with Gasteiger partial charge in [0.25, 0.3) is 0 Å². The van der Waals surface area contributed by atoms with Crippen molar-refractivity contribution in [2.24, 2.45) is 7.05 Å². The molecule has 1 aliphatic heterocycles. The second-order valence-electron chi connectivity index (χ2n) is 7.65. The Kier molecular flexibility index (Phi) is 5.94. The normalized spacial score (nSPS) is 18.5. The average Bonchev–Trinajstić information content (AvgIpc) is 2.95. The van der Waals surface area contributed by atoms with Crippen LogP contribution in [0.25, 0.3) is 0 Å². The lowest BCUT2D eigenvalue weighted by molar-refractivity contribution is 0.195. The average molecular weight is 358 g/mol. The third-order valence-electron chi connectivity index (χ3n) is 5.19. The molecule has 26 heavy (non-hydrogen) atoms. The topological polar surface area (TPSA) is 46.4 Å². The summed E-state index contributed by atoms with van der Waals surface area (Å²) in [6, 6.07) is 6.48. The Morgan fingerprint density at radius 1 is 1.27 bits per heavy atom. The zero-order valence-corrected chi connectivity index (χ0v) is 16.7. The molecule has 1 saturated heterocycles. The molecule has 0 aliphatic carbocycles. The van der Waals surface area contributed by atoms with Gasteiger partial charge in [-0.15, -0.1) is 10.2 Å². The largest absolute Gasteiger partial charge is 0.496 e. The van der Waals surface area contributed by atoms with Crippen molar-refractivity contribution in [3.05, 3.63) is 41.0 Å². The van der Waals surface area contributed by atoms with E-state index in [1.165, 1.54) is 24.0 Å². The molecule has 1 fully saturated rings. The molecule has 1 aromatic carbocycles. The van der Waals surface area contributed by atoms with E-state index in [0.29, 0.717) is 5.92 Å². The summed E-state index contributed by atoms with van der Waals surface area (Å²) >= 11 is 0. The third kappa shape index (κ3) is 4.24. The van der Waals surface area contributed by atoms with Crippen LogP contribution in [0.3, 0.4) is 0 Å². The molecule has 0 saturated carbocycles. The van der Waals surface area contributed by atoms with Crippen LogP contribution in [0.1, 0.15) is 41.5 Å². The molecular formula is C20H31N5O. The first-order valence-electron chi connectivity index (χ1n) is 9.36. The molecule has 0 N–H and O–H groups in total. The van der Waals surface area contributed by atoms with E-state index in [-0.39, 0.29) is 0 Å². The van der Waals surface area contributed by atoms with Gasteiger partial charge in [-0.1, -0.05) is 12.1 Å². The molecular weight excluding hydrogens is 326 g/mol. The Bertz CT molecular complexity index is 740. The number of piperidine rings is 1. The smallest absolute Gasteiger partial charge is 0.146 e. The minimum absolute atomic E-state index is 0.455. The van der Waals surface area contributed by atoms with Gasteiger partial charge < -0.3 is 14.2 Å². The van der Waals surface area contributed by atoms with Crippen molar-refractivity contribution in [1.29, 1.82) is 0 Å². The highest BCUT2D eigenvalue weighted by molar-refractivity contribution is 5.36. The Hall–Kier alpha value is -1.92. The van der Waals surface area contributed by atoms with E-state index in [4.69, 9.17) is 4.74 Å². The predicted molar refractivity (Wildman–Crippen MR) is 103 cm³/mol. The minimum atomic E-state index is 0.455. The highest BCUT2D eigenvalue weighted by atomic mass is 16.5. The van der Waals surface area contributed by atoms with Crippen molar-refractivity contribution >= 4 is 0 Å². The van der Waals surface area contributed by atoms with E-state index in [2.05, 4.69) is 70.8 Å². The lowest BCUT2D eigenvalue weighted by Crippen LogP contribution is -2.35. The second kappa shape index (κ2) is 8.18. The molecule has 1 atom stereocenters. The van der Waals surface area contributed by atoms with Crippen molar-refractivity contribution < 1.29 is 4.74 Å². The summed E-state index contributed by atoms with van der Waals surface area (Å²) in [5.74, 6) is 3.57. The maximum Gasteiger partial charge on any atom is 0.146 e. The molecule has 1 aromatic heterocycles. The first-order valence-corrected chi connectivity index (χ1v) is 9.36. The van der Waals surface area contributed by atoms with Crippen LogP contribution in [0.5, 0.6) is 5.75 Å². The Morgan fingerprint density at radius 3 is 2.77 bits per heavy atom. The first kappa shape index (κ1) is 18.9. The van der Waals surface area contributed by atoms with E-state index in [1.54, 1.807) is 7.11 Å². The van der Waals surface area contributed by atoms with E-state index < -0.39 is 0 Å². The van der Waals surface area contributed by atoms with Crippen LogP contribution in [-0.2, 0) is 20.1 Å². The SMILES string of the molecule is COc1ccc(CN2CCC[C@@H](c3nnc(CN(C)C)n3C)C2)cc1C. The van der Waals surface area contributed by atoms with E-state index in [0.717, 1.165) is 43.6 Å². The molecule has 1 aliphatic rings. The lowest BCUT2D eigenvalue weighted by atomic mass is 9.96. The van der Waals surface area contributed by atoms with Gasteiger partial charge in [0, 0.05) is 26.1 Å². The van der Waals surface area contributed by atoms with Crippen LogP contribution in [0.4, 0.5) is 0 Å². The molecule has 6 nitrogen and oxygen atoms in total. The molecule has 6 heteroatoms. The van der Waals surface area contributed by atoms with Gasteiger partial charge in [0.05, 0.1) is 13.7 Å². The number of likely N-dealkylation sites (tertiary alicyclic amines) is 1. The summed E-state index contributed by atoms with van der Waals surface area (Å²) in [5, 5.41) is 8.92. The van der Waals surface area contributed by atoms with Crippen molar-refractivity contribution in [1.82, 2.24) is 24.6 Å². The monoisotopic (exact) mass is 357 g/mol. The molecule has 2 aromatic rings. The minimum Gasteiger partial charge on any atom is -0.496 e. The summed E-state index contributed by atoms with van der Waals surface area (Å²) in [6.45, 7) is 6.09. The van der Waals surface area contributed by atoms with E-state index in [9.17, 15) is 0 Å². The van der Waals surface area contributed by atoms with Crippen LogP contribution >= 0.6 is 0 Å². The molecule has 0 radical (unpaired) electrons. The maximum absolute atomic E-state index is 5.37. The predicted octanol–water partition coefficient (Wildman–Crippen LogP) is 2.57. The molecule has 0 amide bonds. The highest BCUT2D eigenvalue weighted by Crippen LogP contribution is 2.27. The molecule has 0 bridgehead atoms. The molecule has 3 rings (SSSR count). The summed E-state index contributed by atoms with van der Waals surface area (Å²) < 4.78 is 7.56. The van der Waals surface area contributed by atoms with Gasteiger partial charge in [0.1, 0.15) is 17.4 Å². The highest BCUT2D eigenvalue weighted by Gasteiger charge is 2.26. The summed E-state index contributed by atoms with van der Waals surface area (Å²) in [6.07, 6.45) is 2.39. The number of aryl methyl sites for hydroxylation is 1. The van der Waals surface area contributed by atoms with Crippen LogP contribution < -0.4 is 4.74 Å². The van der Waals surface area contributed by atoms with E-state index >= 15 is 0 Å². The number of rotatable bonds is 6. The van der Waals surface area contributed by atoms with Crippen LogP contribution in [0.15, 0.2) is 18.2 Å². The van der Waals surface area contributed by atoms with Crippen LogP contribution in [0.2, 0.25) is 0 Å². The maximum atomic E-state index is 5.37. The van der Waals surface area contributed by atoms with E-state index in [1.807, 2.05) is 0 Å². The third-order valence-corrected chi connectivity index (χ3v) is 5.19. The summed E-state index contributed by atoms with van der Waals surface area (Å²) in [4.78, 5) is 4.67. The molecule has 0 unspecified atom stereocenters.